The van der Waals surface area contributed by atoms with Gasteiger partial charge in [0.05, 0.1) is 11.7 Å². The number of hydrogen-bond donors (Lipinski definition) is 2. The lowest BCUT2D eigenvalue weighted by atomic mass is 10.1. The van der Waals surface area contributed by atoms with Crippen molar-refractivity contribution in [1.29, 1.82) is 0 Å². The van der Waals surface area contributed by atoms with Crippen molar-refractivity contribution in [3.63, 3.8) is 0 Å². The van der Waals surface area contributed by atoms with Crippen LogP contribution in [0.2, 0.25) is 0 Å². The zero-order valence-electron chi connectivity index (χ0n) is 11.2. The Balaban J connectivity index is 3.93. The van der Waals surface area contributed by atoms with E-state index < -0.39 is 5.60 Å². The van der Waals surface area contributed by atoms with Gasteiger partial charge in [0.15, 0.2) is 0 Å². The van der Waals surface area contributed by atoms with Crippen LogP contribution in [0.3, 0.4) is 0 Å². The summed E-state index contributed by atoms with van der Waals surface area (Å²) in [7, 11) is 0. The highest BCUT2D eigenvalue weighted by Crippen LogP contribution is 2.07. The van der Waals surface area contributed by atoms with Gasteiger partial charge in [-0.25, -0.2) is 0 Å². The summed E-state index contributed by atoms with van der Waals surface area (Å²) in [6, 6.07) is 0. The number of rotatable bonds is 9. The van der Waals surface area contributed by atoms with E-state index in [-0.39, 0.29) is 6.10 Å². The summed E-state index contributed by atoms with van der Waals surface area (Å²) in [5.74, 6) is 0. The number of ether oxygens (including phenoxy) is 1. The molecule has 1 unspecified atom stereocenters. The topological polar surface area (TPSA) is 58.7 Å². The number of aliphatic hydroxyl groups is 1. The van der Waals surface area contributed by atoms with Crippen molar-refractivity contribution >= 4 is 0 Å². The van der Waals surface area contributed by atoms with E-state index in [0.717, 1.165) is 19.5 Å². The van der Waals surface area contributed by atoms with Crippen molar-refractivity contribution in [1.82, 2.24) is 4.90 Å². The molecule has 16 heavy (non-hydrogen) atoms. The molecule has 0 aliphatic carbocycles. The molecule has 4 nitrogen and oxygen atoms in total. The molecule has 3 N–H and O–H groups in total. The van der Waals surface area contributed by atoms with Crippen LogP contribution in [0, 0.1) is 0 Å². The highest BCUT2D eigenvalue weighted by molar-refractivity contribution is 4.72. The molecule has 0 heterocycles. The number of likely N-dealkylation sites (N-methyl/N-ethyl adjacent to an activating group) is 1. The summed E-state index contributed by atoms with van der Waals surface area (Å²) in [6.45, 7) is 11.6. The number of nitrogens with zero attached hydrogens (tertiary/aromatic N) is 1. The maximum Gasteiger partial charge on any atom is 0.0718 e. The number of hydrogen-bond acceptors (Lipinski definition) is 4. The molecular weight excluding hydrogens is 204 g/mol. The third kappa shape index (κ3) is 8.05. The third-order valence-corrected chi connectivity index (χ3v) is 2.49. The first-order valence-electron chi connectivity index (χ1n) is 6.19. The molecule has 0 rings (SSSR count). The van der Waals surface area contributed by atoms with E-state index in [2.05, 4.69) is 11.8 Å². The van der Waals surface area contributed by atoms with Gasteiger partial charge in [-0.3, -0.25) is 0 Å². The largest absolute Gasteiger partial charge is 0.389 e. The molecule has 0 aliphatic heterocycles. The first-order chi connectivity index (χ1) is 7.42. The fourth-order valence-electron chi connectivity index (χ4n) is 1.73. The molecule has 0 aromatic carbocycles. The van der Waals surface area contributed by atoms with Gasteiger partial charge >= 0.3 is 0 Å². The van der Waals surface area contributed by atoms with E-state index in [4.69, 9.17) is 10.5 Å². The second-order valence-electron chi connectivity index (χ2n) is 4.78. The molecule has 0 fully saturated rings. The fraction of sp³-hybridized carbons (Fsp3) is 1.00. The van der Waals surface area contributed by atoms with Gasteiger partial charge in [-0.05, 0) is 33.7 Å². The summed E-state index contributed by atoms with van der Waals surface area (Å²) in [5.41, 5.74) is 4.98. The van der Waals surface area contributed by atoms with Crippen LogP contribution in [0.15, 0.2) is 0 Å². The summed E-state index contributed by atoms with van der Waals surface area (Å²) in [6.07, 6.45) is 1.06. The van der Waals surface area contributed by atoms with Crippen LogP contribution in [-0.2, 0) is 4.74 Å². The lowest BCUT2D eigenvalue weighted by molar-refractivity contribution is 0.0222. The molecule has 0 radical (unpaired) electrons. The average molecular weight is 232 g/mol. The van der Waals surface area contributed by atoms with Crippen LogP contribution in [0.5, 0.6) is 0 Å². The first-order valence-corrected chi connectivity index (χ1v) is 6.19. The Kier molecular flexibility index (Phi) is 7.93. The van der Waals surface area contributed by atoms with Crippen LogP contribution in [-0.4, -0.2) is 54.5 Å². The number of nitrogens with two attached hydrogens (primary N) is 1. The Morgan fingerprint density at radius 3 is 2.38 bits per heavy atom. The summed E-state index contributed by atoms with van der Waals surface area (Å²) in [4.78, 5) is 2.22. The van der Waals surface area contributed by atoms with Crippen molar-refractivity contribution < 1.29 is 9.84 Å². The van der Waals surface area contributed by atoms with E-state index in [1.807, 2.05) is 20.8 Å². The normalized spacial score (nSPS) is 14.4. The Morgan fingerprint density at radius 1 is 1.38 bits per heavy atom. The predicted octanol–water partition coefficient (Wildman–Crippen LogP) is 0.833. The molecule has 0 amide bonds. The quantitative estimate of drug-likeness (QED) is 0.618. The molecule has 0 saturated carbocycles. The minimum absolute atomic E-state index is 0.140. The summed E-state index contributed by atoms with van der Waals surface area (Å²) in [5, 5.41) is 9.75. The van der Waals surface area contributed by atoms with Gasteiger partial charge in [0.2, 0.25) is 0 Å². The van der Waals surface area contributed by atoms with E-state index in [1.54, 1.807) is 0 Å². The highest BCUT2D eigenvalue weighted by atomic mass is 16.5. The highest BCUT2D eigenvalue weighted by Gasteiger charge is 2.18. The molecule has 0 saturated heterocycles. The Morgan fingerprint density at radius 2 is 2.00 bits per heavy atom. The van der Waals surface area contributed by atoms with E-state index in [1.165, 1.54) is 0 Å². The summed E-state index contributed by atoms with van der Waals surface area (Å²) < 4.78 is 5.50. The molecule has 98 valence electrons. The van der Waals surface area contributed by atoms with Crippen molar-refractivity contribution in [3.05, 3.63) is 0 Å². The van der Waals surface area contributed by atoms with Gasteiger partial charge < -0.3 is 20.5 Å². The zero-order valence-corrected chi connectivity index (χ0v) is 11.2. The monoisotopic (exact) mass is 232 g/mol. The van der Waals surface area contributed by atoms with Gasteiger partial charge in [0.25, 0.3) is 0 Å². The van der Waals surface area contributed by atoms with Crippen LogP contribution in [0.1, 0.15) is 34.1 Å². The Hall–Kier alpha value is -0.160. The molecule has 1 atom stereocenters. The smallest absolute Gasteiger partial charge is 0.0718 e. The Bertz CT molecular complexity index is 169. The molecule has 0 bridgehead atoms. The minimum atomic E-state index is -0.639. The van der Waals surface area contributed by atoms with Gasteiger partial charge in [0, 0.05) is 26.2 Å². The van der Waals surface area contributed by atoms with Gasteiger partial charge in [-0.2, -0.15) is 0 Å². The van der Waals surface area contributed by atoms with Crippen LogP contribution in [0.25, 0.3) is 0 Å². The summed E-state index contributed by atoms with van der Waals surface area (Å²) >= 11 is 0. The van der Waals surface area contributed by atoms with Crippen molar-refractivity contribution in [2.45, 2.75) is 45.8 Å². The molecule has 0 aromatic heterocycles. The van der Waals surface area contributed by atoms with Gasteiger partial charge in [-0.15, -0.1) is 0 Å². The predicted molar refractivity (Wildman–Crippen MR) is 67.5 cm³/mol. The van der Waals surface area contributed by atoms with Gasteiger partial charge in [-0.1, -0.05) is 6.92 Å². The molecular formula is C12H28N2O2. The lowest BCUT2D eigenvalue weighted by Gasteiger charge is -2.29. The molecule has 4 heteroatoms. The van der Waals surface area contributed by atoms with Crippen molar-refractivity contribution in [3.8, 4) is 0 Å². The molecule has 0 aliphatic rings. The average Bonchev–Trinajstić information content (AvgIpc) is 2.20. The second kappa shape index (κ2) is 8.01. The fourth-order valence-corrected chi connectivity index (χ4v) is 1.73. The molecule has 0 spiro atoms. The maximum absolute atomic E-state index is 9.75. The van der Waals surface area contributed by atoms with E-state index in [0.29, 0.717) is 19.7 Å². The minimum Gasteiger partial charge on any atom is -0.389 e. The SMILES string of the molecule is CCOC(CN)CCN(CC)CC(C)(C)O. The Labute approximate surface area is 99.8 Å². The van der Waals surface area contributed by atoms with Crippen LogP contribution in [0.4, 0.5) is 0 Å². The van der Waals surface area contributed by atoms with E-state index >= 15 is 0 Å². The van der Waals surface area contributed by atoms with Gasteiger partial charge in [0.1, 0.15) is 0 Å². The van der Waals surface area contributed by atoms with Crippen LogP contribution >= 0.6 is 0 Å². The third-order valence-electron chi connectivity index (χ3n) is 2.49. The van der Waals surface area contributed by atoms with E-state index in [9.17, 15) is 5.11 Å². The van der Waals surface area contributed by atoms with Crippen LogP contribution < -0.4 is 5.73 Å². The first kappa shape index (κ1) is 15.8. The standard InChI is InChI=1S/C12H28N2O2/c1-5-14(10-12(3,4)15)8-7-11(9-13)16-6-2/h11,15H,5-10,13H2,1-4H3. The maximum atomic E-state index is 9.75. The zero-order chi connectivity index (χ0) is 12.6. The second-order valence-corrected chi connectivity index (χ2v) is 4.78. The lowest BCUT2D eigenvalue weighted by Crippen LogP contribution is -2.40. The van der Waals surface area contributed by atoms with Crippen molar-refractivity contribution in [2.24, 2.45) is 5.73 Å². The molecule has 0 aromatic rings. The van der Waals surface area contributed by atoms with Crippen molar-refractivity contribution in [2.75, 3.05) is 32.8 Å².